The lowest BCUT2D eigenvalue weighted by molar-refractivity contribution is -0.118. The van der Waals surface area contributed by atoms with Gasteiger partial charge < -0.3 is 20.1 Å². The second-order valence-electron chi connectivity index (χ2n) is 5.39. The Morgan fingerprint density at radius 1 is 0.880 bits per heavy atom. The third-order valence-electron chi connectivity index (χ3n) is 3.16. The van der Waals surface area contributed by atoms with E-state index in [-0.39, 0.29) is 18.4 Å². The van der Waals surface area contributed by atoms with Crippen molar-refractivity contribution in [2.45, 2.75) is 20.3 Å². The molecule has 2 aromatic rings. The molecule has 0 aromatic heterocycles. The second kappa shape index (κ2) is 9.32. The van der Waals surface area contributed by atoms with E-state index in [0.717, 1.165) is 6.42 Å². The average molecular weight is 342 g/mol. The van der Waals surface area contributed by atoms with Gasteiger partial charge in [0.15, 0.2) is 18.1 Å². The molecule has 0 fully saturated rings. The molecule has 0 aliphatic carbocycles. The van der Waals surface area contributed by atoms with Crippen molar-refractivity contribution in [3.8, 4) is 11.5 Å². The monoisotopic (exact) mass is 342 g/mol. The summed E-state index contributed by atoms with van der Waals surface area (Å²) in [7, 11) is 0. The van der Waals surface area contributed by atoms with E-state index >= 15 is 0 Å². The molecule has 132 valence electrons. The fraction of sp³-hybridized carbons (Fsp3) is 0.263. The first-order chi connectivity index (χ1) is 12.1. The number of ether oxygens (including phenoxy) is 2. The van der Waals surface area contributed by atoms with E-state index in [9.17, 15) is 9.59 Å². The molecule has 0 saturated carbocycles. The van der Waals surface area contributed by atoms with E-state index in [0.29, 0.717) is 29.5 Å². The molecule has 0 saturated heterocycles. The maximum absolute atomic E-state index is 12.0. The molecule has 6 nitrogen and oxygen atoms in total. The molecule has 0 aliphatic heterocycles. The number of anilines is 2. The minimum atomic E-state index is -0.280. The van der Waals surface area contributed by atoms with Crippen LogP contribution in [0.5, 0.6) is 11.5 Å². The molecule has 2 N–H and O–H groups in total. The van der Waals surface area contributed by atoms with Crippen LogP contribution in [0.1, 0.15) is 20.3 Å². The maximum Gasteiger partial charge on any atom is 0.262 e. The van der Waals surface area contributed by atoms with Gasteiger partial charge in [-0.1, -0.05) is 19.1 Å². The van der Waals surface area contributed by atoms with E-state index < -0.39 is 0 Å². The Morgan fingerprint density at radius 2 is 1.44 bits per heavy atom. The summed E-state index contributed by atoms with van der Waals surface area (Å²) >= 11 is 0. The molecular weight excluding hydrogens is 320 g/mol. The van der Waals surface area contributed by atoms with Gasteiger partial charge in [0, 0.05) is 18.3 Å². The number of para-hydroxylation sites is 2. The van der Waals surface area contributed by atoms with E-state index in [1.807, 2.05) is 25.1 Å². The summed E-state index contributed by atoms with van der Waals surface area (Å²) in [5.41, 5.74) is 1.29. The van der Waals surface area contributed by atoms with Gasteiger partial charge >= 0.3 is 0 Å². The highest BCUT2D eigenvalue weighted by Gasteiger charge is 2.08. The van der Waals surface area contributed by atoms with Crippen molar-refractivity contribution < 1.29 is 19.1 Å². The summed E-state index contributed by atoms with van der Waals surface area (Å²) in [6.07, 6.45) is 0.892. The molecule has 0 heterocycles. The Kier molecular flexibility index (Phi) is 6.83. The molecule has 0 atom stereocenters. The minimum Gasteiger partial charge on any atom is -0.490 e. The summed E-state index contributed by atoms with van der Waals surface area (Å²) < 4.78 is 11.1. The number of hydrogen-bond donors (Lipinski definition) is 2. The van der Waals surface area contributed by atoms with Crippen molar-refractivity contribution in [2.24, 2.45) is 0 Å². The standard InChI is InChI=1S/C19H22N2O4/c1-3-12-24-17-6-4-5-7-18(17)25-13-19(23)21-16-10-8-15(9-11-16)20-14(2)22/h4-11H,3,12-13H2,1-2H3,(H,20,22)(H,21,23). The summed E-state index contributed by atoms with van der Waals surface area (Å²) in [4.78, 5) is 23.0. The lowest BCUT2D eigenvalue weighted by atomic mass is 10.2. The number of amides is 2. The van der Waals surface area contributed by atoms with Crippen LogP contribution in [0.2, 0.25) is 0 Å². The Labute approximate surface area is 147 Å². The first-order valence-corrected chi connectivity index (χ1v) is 8.10. The van der Waals surface area contributed by atoms with E-state index in [1.165, 1.54) is 6.92 Å². The van der Waals surface area contributed by atoms with E-state index in [2.05, 4.69) is 10.6 Å². The number of hydrogen-bond acceptors (Lipinski definition) is 4. The number of carbonyl (C=O) groups is 2. The van der Waals surface area contributed by atoms with Gasteiger partial charge in [0.2, 0.25) is 5.91 Å². The first kappa shape index (κ1) is 18.3. The van der Waals surface area contributed by atoms with Gasteiger partial charge in [0.25, 0.3) is 5.91 Å². The van der Waals surface area contributed by atoms with Crippen LogP contribution < -0.4 is 20.1 Å². The van der Waals surface area contributed by atoms with Crippen molar-refractivity contribution in [3.63, 3.8) is 0 Å². The predicted octanol–water partition coefficient (Wildman–Crippen LogP) is 3.45. The zero-order valence-electron chi connectivity index (χ0n) is 14.4. The number of rotatable bonds is 8. The lowest BCUT2D eigenvalue weighted by Crippen LogP contribution is -2.20. The second-order valence-corrected chi connectivity index (χ2v) is 5.39. The van der Waals surface area contributed by atoms with E-state index in [1.54, 1.807) is 30.3 Å². The summed E-state index contributed by atoms with van der Waals surface area (Å²) in [6, 6.07) is 14.1. The highest BCUT2D eigenvalue weighted by Crippen LogP contribution is 2.26. The molecule has 2 aromatic carbocycles. The van der Waals surface area contributed by atoms with Gasteiger partial charge in [-0.15, -0.1) is 0 Å². The van der Waals surface area contributed by atoms with Gasteiger partial charge in [0.1, 0.15) is 0 Å². The third kappa shape index (κ3) is 6.18. The summed E-state index contributed by atoms with van der Waals surface area (Å²) in [5.74, 6) is 0.732. The van der Waals surface area contributed by atoms with Crippen LogP contribution in [-0.4, -0.2) is 25.0 Å². The summed E-state index contributed by atoms with van der Waals surface area (Å²) in [6.45, 7) is 3.93. The van der Waals surface area contributed by atoms with Crippen molar-refractivity contribution >= 4 is 23.2 Å². The van der Waals surface area contributed by atoms with Crippen molar-refractivity contribution in [2.75, 3.05) is 23.8 Å². The van der Waals surface area contributed by atoms with Crippen LogP contribution in [-0.2, 0) is 9.59 Å². The molecule has 0 aliphatic rings. The van der Waals surface area contributed by atoms with Crippen LogP contribution in [0.4, 0.5) is 11.4 Å². The Hall–Kier alpha value is -3.02. The van der Waals surface area contributed by atoms with Gasteiger partial charge in [0.05, 0.1) is 6.61 Å². The van der Waals surface area contributed by atoms with Crippen LogP contribution in [0.15, 0.2) is 48.5 Å². The molecule has 2 rings (SSSR count). The van der Waals surface area contributed by atoms with Gasteiger partial charge in [-0.3, -0.25) is 9.59 Å². The topological polar surface area (TPSA) is 76.7 Å². The Morgan fingerprint density at radius 3 is 2.00 bits per heavy atom. The zero-order chi connectivity index (χ0) is 18.1. The fourth-order valence-corrected chi connectivity index (χ4v) is 2.08. The number of benzene rings is 2. The van der Waals surface area contributed by atoms with Crippen LogP contribution in [0, 0.1) is 0 Å². The third-order valence-corrected chi connectivity index (χ3v) is 3.16. The van der Waals surface area contributed by atoms with E-state index in [4.69, 9.17) is 9.47 Å². The van der Waals surface area contributed by atoms with Crippen LogP contribution >= 0.6 is 0 Å². The summed E-state index contributed by atoms with van der Waals surface area (Å²) in [5, 5.41) is 5.40. The molecule has 0 bridgehead atoms. The lowest BCUT2D eigenvalue weighted by Gasteiger charge is -2.12. The molecule has 0 radical (unpaired) electrons. The van der Waals surface area contributed by atoms with Crippen LogP contribution in [0.25, 0.3) is 0 Å². The predicted molar refractivity (Wildman–Crippen MR) is 97.1 cm³/mol. The highest BCUT2D eigenvalue weighted by atomic mass is 16.5. The average Bonchev–Trinajstić information content (AvgIpc) is 2.60. The Bertz CT molecular complexity index is 714. The largest absolute Gasteiger partial charge is 0.490 e. The normalized spacial score (nSPS) is 10.0. The highest BCUT2D eigenvalue weighted by molar-refractivity contribution is 5.93. The van der Waals surface area contributed by atoms with Gasteiger partial charge in [-0.05, 0) is 42.8 Å². The fourth-order valence-electron chi connectivity index (χ4n) is 2.08. The molecule has 0 unspecified atom stereocenters. The van der Waals surface area contributed by atoms with Crippen molar-refractivity contribution in [1.29, 1.82) is 0 Å². The quantitative estimate of drug-likeness (QED) is 0.770. The first-order valence-electron chi connectivity index (χ1n) is 8.10. The zero-order valence-corrected chi connectivity index (χ0v) is 14.4. The van der Waals surface area contributed by atoms with Gasteiger partial charge in [-0.25, -0.2) is 0 Å². The van der Waals surface area contributed by atoms with Crippen molar-refractivity contribution in [3.05, 3.63) is 48.5 Å². The SMILES string of the molecule is CCCOc1ccccc1OCC(=O)Nc1ccc(NC(C)=O)cc1. The smallest absolute Gasteiger partial charge is 0.262 e. The number of nitrogens with one attached hydrogen (secondary N) is 2. The molecule has 25 heavy (non-hydrogen) atoms. The van der Waals surface area contributed by atoms with Crippen LogP contribution in [0.3, 0.4) is 0 Å². The molecule has 6 heteroatoms. The number of carbonyl (C=O) groups excluding carboxylic acids is 2. The maximum atomic E-state index is 12.0. The van der Waals surface area contributed by atoms with Crippen molar-refractivity contribution in [1.82, 2.24) is 0 Å². The molecular formula is C19H22N2O4. The molecule has 2 amide bonds. The Balaban J connectivity index is 1.87. The molecule has 0 spiro atoms. The van der Waals surface area contributed by atoms with Gasteiger partial charge in [-0.2, -0.15) is 0 Å². The minimum absolute atomic E-state index is 0.125.